The Morgan fingerprint density at radius 2 is 1.93 bits per heavy atom. The summed E-state index contributed by atoms with van der Waals surface area (Å²) in [6, 6.07) is 3.66. The molecule has 1 aliphatic carbocycles. The molecule has 7 nitrogen and oxygen atoms in total. The second-order valence-electron chi connectivity index (χ2n) is 7.32. The molecule has 0 aromatic heterocycles. The van der Waals surface area contributed by atoms with Gasteiger partial charge in [0.05, 0.1) is 26.7 Å². The zero-order chi connectivity index (χ0) is 19.6. The Hall–Kier alpha value is -2.44. The number of benzene rings is 1. The molecule has 1 saturated carbocycles. The van der Waals surface area contributed by atoms with Gasteiger partial charge in [-0.2, -0.15) is 0 Å². The number of aliphatic carboxylic acids is 1. The summed E-state index contributed by atoms with van der Waals surface area (Å²) in [6.45, 7) is 0.878. The molecule has 1 aliphatic heterocycles. The van der Waals surface area contributed by atoms with E-state index in [9.17, 15) is 14.7 Å². The van der Waals surface area contributed by atoms with E-state index in [1.54, 1.807) is 32.3 Å². The molecule has 1 aromatic carbocycles. The predicted molar refractivity (Wildman–Crippen MR) is 98.4 cm³/mol. The smallest absolute Gasteiger partial charge is 0.311 e. The number of nitrogens with zero attached hydrogens (tertiary/aromatic N) is 1. The summed E-state index contributed by atoms with van der Waals surface area (Å²) in [6.07, 6.45) is 3.28. The minimum Gasteiger partial charge on any atom is -0.493 e. The van der Waals surface area contributed by atoms with E-state index in [-0.39, 0.29) is 11.8 Å². The average Bonchev–Trinajstić information content (AvgIpc) is 3.23. The van der Waals surface area contributed by atoms with Crippen LogP contribution in [0.5, 0.6) is 17.2 Å². The van der Waals surface area contributed by atoms with Crippen LogP contribution >= 0.6 is 0 Å². The minimum atomic E-state index is -0.762. The lowest BCUT2D eigenvalue weighted by Crippen LogP contribution is -2.37. The van der Waals surface area contributed by atoms with Crippen LogP contribution in [0.4, 0.5) is 0 Å². The van der Waals surface area contributed by atoms with E-state index >= 15 is 0 Å². The van der Waals surface area contributed by atoms with E-state index < -0.39 is 11.4 Å². The van der Waals surface area contributed by atoms with Crippen molar-refractivity contribution in [2.45, 2.75) is 32.1 Å². The molecule has 7 heteroatoms. The lowest BCUT2D eigenvalue weighted by molar-refractivity contribution is -0.149. The zero-order valence-electron chi connectivity index (χ0n) is 16.1. The van der Waals surface area contributed by atoms with Crippen molar-refractivity contribution in [3.05, 3.63) is 17.7 Å². The van der Waals surface area contributed by atoms with Crippen LogP contribution in [0.15, 0.2) is 12.1 Å². The number of hydrogen-bond donors (Lipinski definition) is 1. The van der Waals surface area contributed by atoms with Crippen LogP contribution in [-0.4, -0.2) is 56.3 Å². The molecule has 2 fully saturated rings. The first-order valence-corrected chi connectivity index (χ1v) is 9.26. The van der Waals surface area contributed by atoms with Crippen molar-refractivity contribution >= 4 is 11.9 Å². The molecular weight excluding hydrogens is 350 g/mol. The van der Waals surface area contributed by atoms with Gasteiger partial charge in [-0.05, 0) is 36.8 Å². The van der Waals surface area contributed by atoms with Gasteiger partial charge in [0, 0.05) is 19.5 Å². The summed E-state index contributed by atoms with van der Waals surface area (Å²) in [7, 11) is 4.66. The first-order chi connectivity index (χ1) is 13.0. The largest absolute Gasteiger partial charge is 0.493 e. The van der Waals surface area contributed by atoms with E-state index in [4.69, 9.17) is 14.2 Å². The molecule has 0 radical (unpaired) electrons. The Morgan fingerprint density at radius 3 is 2.52 bits per heavy atom. The number of carboxylic acid groups (broad SMARTS) is 1. The molecular formula is C20H27NO6. The fourth-order valence-corrected chi connectivity index (χ4v) is 4.59. The molecule has 2 atom stereocenters. The van der Waals surface area contributed by atoms with Crippen LogP contribution in [0.3, 0.4) is 0 Å². The first kappa shape index (κ1) is 19.3. The highest BCUT2D eigenvalue weighted by molar-refractivity contribution is 5.81. The monoisotopic (exact) mass is 377 g/mol. The van der Waals surface area contributed by atoms with Crippen molar-refractivity contribution in [1.29, 1.82) is 0 Å². The maximum absolute atomic E-state index is 12.7. The van der Waals surface area contributed by atoms with Gasteiger partial charge in [0.2, 0.25) is 11.7 Å². The SMILES string of the molecule is COc1ccc(CCC(=O)N2C[C@@H]3CCC[C@@]3(C(=O)O)C2)c(OC)c1OC. The van der Waals surface area contributed by atoms with Crippen LogP contribution < -0.4 is 14.2 Å². The zero-order valence-corrected chi connectivity index (χ0v) is 16.1. The van der Waals surface area contributed by atoms with Crippen LogP contribution in [0.2, 0.25) is 0 Å². The third kappa shape index (κ3) is 3.31. The quantitative estimate of drug-likeness (QED) is 0.785. The Kier molecular flexibility index (Phi) is 5.48. The molecule has 0 unspecified atom stereocenters. The van der Waals surface area contributed by atoms with Crippen molar-refractivity contribution in [1.82, 2.24) is 4.90 Å². The van der Waals surface area contributed by atoms with Gasteiger partial charge in [0.1, 0.15) is 0 Å². The lowest BCUT2D eigenvalue weighted by atomic mass is 9.81. The Morgan fingerprint density at radius 1 is 1.19 bits per heavy atom. The minimum absolute atomic E-state index is 0.0122. The van der Waals surface area contributed by atoms with Crippen molar-refractivity contribution in [2.24, 2.45) is 11.3 Å². The Balaban J connectivity index is 1.69. The lowest BCUT2D eigenvalue weighted by Gasteiger charge is -2.23. The Bertz CT molecular complexity index is 733. The number of carbonyl (C=O) groups excluding carboxylic acids is 1. The van der Waals surface area contributed by atoms with E-state index in [1.807, 2.05) is 6.07 Å². The molecule has 3 rings (SSSR count). The van der Waals surface area contributed by atoms with Crippen molar-refractivity contribution in [3.63, 3.8) is 0 Å². The maximum atomic E-state index is 12.7. The second-order valence-corrected chi connectivity index (χ2v) is 7.32. The van der Waals surface area contributed by atoms with Crippen molar-refractivity contribution in [3.8, 4) is 17.2 Å². The number of ether oxygens (including phenoxy) is 3. The van der Waals surface area contributed by atoms with Gasteiger partial charge in [-0.1, -0.05) is 12.5 Å². The van der Waals surface area contributed by atoms with Gasteiger partial charge in [0.25, 0.3) is 0 Å². The third-order valence-corrected chi connectivity index (χ3v) is 6.04. The van der Waals surface area contributed by atoms with E-state index in [0.29, 0.717) is 49.6 Å². The summed E-state index contributed by atoms with van der Waals surface area (Å²) in [5, 5.41) is 9.68. The van der Waals surface area contributed by atoms with Crippen LogP contribution in [-0.2, 0) is 16.0 Å². The third-order valence-electron chi connectivity index (χ3n) is 6.04. The van der Waals surface area contributed by atoms with Crippen LogP contribution in [0.25, 0.3) is 0 Å². The summed E-state index contributed by atoms with van der Waals surface area (Å²) in [5.41, 5.74) is 0.118. The fraction of sp³-hybridized carbons (Fsp3) is 0.600. The summed E-state index contributed by atoms with van der Waals surface area (Å²) in [5.74, 6) is 0.939. The normalized spacial score (nSPS) is 23.8. The summed E-state index contributed by atoms with van der Waals surface area (Å²) < 4.78 is 16.1. The molecule has 1 heterocycles. The number of rotatable bonds is 7. The van der Waals surface area contributed by atoms with Gasteiger partial charge in [0.15, 0.2) is 11.5 Å². The number of likely N-dealkylation sites (tertiary alicyclic amines) is 1. The van der Waals surface area contributed by atoms with Crippen LogP contribution in [0, 0.1) is 11.3 Å². The first-order valence-electron chi connectivity index (χ1n) is 9.26. The molecule has 1 aromatic rings. The maximum Gasteiger partial charge on any atom is 0.311 e. The molecule has 1 amide bonds. The molecule has 1 N–H and O–H groups in total. The standard InChI is InChI=1S/C20H27NO6/c1-25-15-8-6-13(17(26-2)18(15)27-3)7-9-16(22)21-11-14-5-4-10-20(14,12-21)19(23)24/h6,8,14H,4-5,7,9-12H2,1-3H3,(H,23,24)/t14-,20+/m0/s1. The molecule has 2 aliphatic rings. The van der Waals surface area contributed by atoms with E-state index in [1.165, 1.54) is 0 Å². The van der Waals surface area contributed by atoms with E-state index in [0.717, 1.165) is 18.4 Å². The van der Waals surface area contributed by atoms with Crippen LogP contribution in [0.1, 0.15) is 31.2 Å². The molecule has 27 heavy (non-hydrogen) atoms. The number of amides is 1. The predicted octanol–water partition coefficient (Wildman–Crippen LogP) is 2.36. The molecule has 0 spiro atoms. The number of fused-ring (bicyclic) bond motifs is 1. The topological polar surface area (TPSA) is 85.3 Å². The van der Waals surface area contributed by atoms with Crippen molar-refractivity contribution in [2.75, 3.05) is 34.4 Å². The fourth-order valence-electron chi connectivity index (χ4n) is 4.59. The van der Waals surface area contributed by atoms with Gasteiger partial charge in [-0.25, -0.2) is 0 Å². The Labute approximate surface area is 159 Å². The van der Waals surface area contributed by atoms with Gasteiger partial charge in [-0.15, -0.1) is 0 Å². The van der Waals surface area contributed by atoms with Gasteiger partial charge >= 0.3 is 5.97 Å². The number of carbonyl (C=O) groups is 2. The molecule has 1 saturated heterocycles. The number of aryl methyl sites for hydroxylation is 1. The molecule has 148 valence electrons. The second kappa shape index (κ2) is 7.66. The van der Waals surface area contributed by atoms with Gasteiger partial charge in [-0.3, -0.25) is 9.59 Å². The summed E-state index contributed by atoms with van der Waals surface area (Å²) in [4.78, 5) is 26.2. The number of hydrogen-bond acceptors (Lipinski definition) is 5. The number of methoxy groups -OCH3 is 3. The highest BCUT2D eigenvalue weighted by Gasteiger charge is 2.55. The summed E-state index contributed by atoms with van der Waals surface area (Å²) >= 11 is 0. The van der Waals surface area contributed by atoms with Crippen molar-refractivity contribution < 1.29 is 28.9 Å². The average molecular weight is 377 g/mol. The highest BCUT2D eigenvalue weighted by atomic mass is 16.5. The van der Waals surface area contributed by atoms with E-state index in [2.05, 4.69) is 0 Å². The number of carboxylic acids is 1. The molecule has 0 bridgehead atoms. The van der Waals surface area contributed by atoms with Gasteiger partial charge < -0.3 is 24.2 Å². The highest BCUT2D eigenvalue weighted by Crippen LogP contribution is 2.49.